The molecule has 2 heterocycles. The van der Waals surface area contributed by atoms with Gasteiger partial charge < -0.3 is 4.74 Å². The van der Waals surface area contributed by atoms with Crippen LogP contribution in [0.15, 0.2) is 41.8 Å². The highest BCUT2D eigenvalue weighted by Gasteiger charge is 2.16. The number of rotatable bonds is 4. The van der Waals surface area contributed by atoms with Crippen molar-refractivity contribution in [2.75, 3.05) is 7.11 Å². The molecule has 0 amide bonds. The van der Waals surface area contributed by atoms with Crippen LogP contribution >= 0.6 is 11.3 Å². The van der Waals surface area contributed by atoms with Gasteiger partial charge in [-0.05, 0) is 23.6 Å². The summed E-state index contributed by atoms with van der Waals surface area (Å²) in [5.41, 5.74) is 1.83. The van der Waals surface area contributed by atoms with Crippen LogP contribution in [0, 0.1) is 0 Å². The molecule has 0 aliphatic rings. The van der Waals surface area contributed by atoms with Crippen molar-refractivity contribution < 1.29 is 9.53 Å². The maximum Gasteiger partial charge on any atom is 0.172 e. The molecule has 0 unspecified atom stereocenters. The quantitative estimate of drug-likeness (QED) is 0.692. The lowest BCUT2D eigenvalue weighted by molar-refractivity contribution is 0.111. The van der Waals surface area contributed by atoms with Crippen LogP contribution in [0.2, 0.25) is 0 Å². The summed E-state index contributed by atoms with van der Waals surface area (Å²) in [4.78, 5) is 12.1. The second-order valence-electron chi connectivity index (χ2n) is 4.03. The molecule has 2 aromatic heterocycles. The third-order valence-corrected chi connectivity index (χ3v) is 3.74. The Kier molecular flexibility index (Phi) is 3.30. The van der Waals surface area contributed by atoms with Crippen LogP contribution in [0.1, 0.15) is 10.5 Å². The molecule has 0 aliphatic carbocycles. The number of nitrogens with zero attached hydrogens (tertiary/aromatic N) is 3. The van der Waals surface area contributed by atoms with Crippen LogP contribution in [-0.4, -0.2) is 28.4 Å². The van der Waals surface area contributed by atoms with Crippen LogP contribution in [0.3, 0.4) is 0 Å². The van der Waals surface area contributed by atoms with Gasteiger partial charge in [0.25, 0.3) is 0 Å². The van der Waals surface area contributed by atoms with Crippen molar-refractivity contribution in [3.63, 3.8) is 0 Å². The molecule has 0 radical (unpaired) electrons. The molecule has 0 bridgehead atoms. The maximum absolute atomic E-state index is 11.2. The Morgan fingerprint density at radius 3 is 2.90 bits per heavy atom. The topological polar surface area (TPSA) is 57.0 Å². The van der Waals surface area contributed by atoms with Gasteiger partial charge in [0.2, 0.25) is 0 Å². The van der Waals surface area contributed by atoms with Gasteiger partial charge in [-0.3, -0.25) is 4.79 Å². The van der Waals surface area contributed by atoms with Gasteiger partial charge in [-0.25, -0.2) is 4.68 Å². The maximum atomic E-state index is 11.2. The fraction of sp³-hybridized carbons (Fsp3) is 0.0714. The SMILES string of the molecule is COc1cccc(-n2nnc(C=O)c2-c2cccs2)c1. The van der Waals surface area contributed by atoms with E-state index >= 15 is 0 Å². The summed E-state index contributed by atoms with van der Waals surface area (Å²) in [6.07, 6.45) is 0.721. The first-order valence-corrected chi connectivity index (χ1v) is 6.80. The zero-order chi connectivity index (χ0) is 13.9. The van der Waals surface area contributed by atoms with Crippen molar-refractivity contribution in [3.05, 3.63) is 47.5 Å². The van der Waals surface area contributed by atoms with E-state index in [2.05, 4.69) is 10.3 Å². The van der Waals surface area contributed by atoms with E-state index in [-0.39, 0.29) is 0 Å². The predicted octanol–water partition coefficient (Wildman–Crippen LogP) is 2.82. The lowest BCUT2D eigenvalue weighted by Crippen LogP contribution is -1.99. The summed E-state index contributed by atoms with van der Waals surface area (Å²) in [6, 6.07) is 11.3. The van der Waals surface area contributed by atoms with Crippen LogP contribution < -0.4 is 4.74 Å². The molecule has 100 valence electrons. The molecule has 3 aromatic rings. The number of carbonyl (C=O) groups excluding carboxylic acids is 1. The third kappa shape index (κ3) is 2.10. The van der Waals surface area contributed by atoms with E-state index in [0.29, 0.717) is 11.4 Å². The summed E-state index contributed by atoms with van der Waals surface area (Å²) < 4.78 is 6.86. The predicted molar refractivity (Wildman–Crippen MR) is 76.6 cm³/mol. The normalized spacial score (nSPS) is 10.4. The molecular weight excluding hydrogens is 274 g/mol. The van der Waals surface area contributed by atoms with Crippen molar-refractivity contribution >= 4 is 17.6 Å². The Morgan fingerprint density at radius 2 is 2.20 bits per heavy atom. The van der Waals surface area contributed by atoms with Gasteiger partial charge in [0.05, 0.1) is 17.7 Å². The lowest BCUT2D eigenvalue weighted by Gasteiger charge is -2.07. The van der Waals surface area contributed by atoms with E-state index in [1.165, 1.54) is 11.3 Å². The first-order chi connectivity index (χ1) is 9.83. The Labute approximate surface area is 119 Å². The minimum absolute atomic E-state index is 0.329. The van der Waals surface area contributed by atoms with E-state index in [1.54, 1.807) is 11.8 Å². The fourth-order valence-corrected chi connectivity index (χ4v) is 2.70. The van der Waals surface area contributed by atoms with Crippen LogP contribution in [0.25, 0.3) is 16.3 Å². The Hall–Kier alpha value is -2.47. The molecular formula is C14H11N3O2S. The molecule has 0 aliphatic heterocycles. The van der Waals surface area contributed by atoms with E-state index in [1.807, 2.05) is 41.8 Å². The first kappa shape index (κ1) is 12.6. The van der Waals surface area contributed by atoms with Crippen molar-refractivity contribution in [2.45, 2.75) is 0 Å². The highest BCUT2D eigenvalue weighted by molar-refractivity contribution is 7.13. The molecule has 0 fully saturated rings. The molecule has 0 saturated heterocycles. The molecule has 20 heavy (non-hydrogen) atoms. The number of hydrogen-bond acceptors (Lipinski definition) is 5. The summed E-state index contributed by atoms with van der Waals surface area (Å²) in [6.45, 7) is 0. The van der Waals surface area contributed by atoms with Gasteiger partial charge in [-0.2, -0.15) is 0 Å². The van der Waals surface area contributed by atoms with Crippen molar-refractivity contribution in [1.82, 2.24) is 15.0 Å². The summed E-state index contributed by atoms with van der Waals surface area (Å²) >= 11 is 1.54. The fourth-order valence-electron chi connectivity index (χ4n) is 1.94. The average molecular weight is 285 g/mol. The summed E-state index contributed by atoms with van der Waals surface area (Å²) in [7, 11) is 1.61. The number of hydrogen-bond donors (Lipinski definition) is 0. The zero-order valence-corrected chi connectivity index (χ0v) is 11.5. The Balaban J connectivity index is 2.19. The Bertz CT molecular complexity index is 735. The Morgan fingerprint density at radius 1 is 1.30 bits per heavy atom. The summed E-state index contributed by atoms with van der Waals surface area (Å²) in [5, 5.41) is 9.96. The number of carbonyl (C=O) groups is 1. The number of benzene rings is 1. The van der Waals surface area contributed by atoms with E-state index in [9.17, 15) is 4.79 Å². The van der Waals surface area contributed by atoms with Gasteiger partial charge in [0.1, 0.15) is 11.4 Å². The highest BCUT2D eigenvalue weighted by atomic mass is 32.1. The van der Waals surface area contributed by atoms with Crippen molar-refractivity contribution in [1.29, 1.82) is 0 Å². The monoisotopic (exact) mass is 285 g/mol. The van der Waals surface area contributed by atoms with Gasteiger partial charge in [-0.1, -0.05) is 17.3 Å². The lowest BCUT2D eigenvalue weighted by atomic mass is 10.2. The molecule has 0 spiro atoms. The van der Waals surface area contributed by atoms with Gasteiger partial charge in [0.15, 0.2) is 12.0 Å². The zero-order valence-electron chi connectivity index (χ0n) is 10.7. The van der Waals surface area contributed by atoms with Crippen LogP contribution in [0.5, 0.6) is 5.75 Å². The van der Waals surface area contributed by atoms with Crippen LogP contribution in [0.4, 0.5) is 0 Å². The smallest absolute Gasteiger partial charge is 0.172 e. The van der Waals surface area contributed by atoms with Gasteiger partial charge in [-0.15, -0.1) is 16.4 Å². The molecule has 6 heteroatoms. The number of ether oxygens (including phenoxy) is 1. The van der Waals surface area contributed by atoms with Crippen molar-refractivity contribution in [2.24, 2.45) is 0 Å². The molecule has 0 saturated carbocycles. The first-order valence-electron chi connectivity index (χ1n) is 5.92. The average Bonchev–Trinajstić information content (AvgIpc) is 3.15. The number of aldehydes is 1. The second-order valence-corrected chi connectivity index (χ2v) is 4.98. The molecule has 1 aromatic carbocycles. The van der Waals surface area contributed by atoms with E-state index in [0.717, 1.165) is 22.6 Å². The van der Waals surface area contributed by atoms with Crippen molar-refractivity contribution in [3.8, 4) is 22.0 Å². The minimum Gasteiger partial charge on any atom is -0.497 e. The highest BCUT2D eigenvalue weighted by Crippen LogP contribution is 2.29. The number of methoxy groups -OCH3 is 1. The summed E-state index contributed by atoms with van der Waals surface area (Å²) in [5.74, 6) is 0.725. The largest absolute Gasteiger partial charge is 0.497 e. The number of thiophene rings is 1. The van der Waals surface area contributed by atoms with Crippen LogP contribution in [-0.2, 0) is 0 Å². The molecule has 0 N–H and O–H groups in total. The number of aromatic nitrogens is 3. The van der Waals surface area contributed by atoms with E-state index in [4.69, 9.17) is 4.74 Å². The standard InChI is InChI=1S/C14H11N3O2S/c1-19-11-5-2-4-10(8-11)17-14(12(9-18)15-16-17)13-6-3-7-20-13/h2-9H,1H3. The van der Waals surface area contributed by atoms with Gasteiger partial charge in [0, 0.05) is 6.07 Å². The second kappa shape index (κ2) is 5.26. The molecule has 3 rings (SSSR count). The molecule has 0 atom stereocenters. The molecule has 5 nitrogen and oxygen atoms in total. The third-order valence-electron chi connectivity index (χ3n) is 2.86. The van der Waals surface area contributed by atoms with E-state index < -0.39 is 0 Å². The van der Waals surface area contributed by atoms with Gasteiger partial charge >= 0.3 is 0 Å². The minimum atomic E-state index is 0.329.